The third-order valence-corrected chi connectivity index (χ3v) is 3.07. The number of rotatable bonds is 5. The van der Waals surface area contributed by atoms with E-state index in [4.69, 9.17) is 16.3 Å². The van der Waals surface area contributed by atoms with Crippen LogP contribution in [0.3, 0.4) is 0 Å². The van der Waals surface area contributed by atoms with Crippen LogP contribution >= 0.6 is 11.6 Å². The minimum atomic E-state index is -4.76. The van der Waals surface area contributed by atoms with E-state index < -0.39 is 18.4 Å². The largest absolute Gasteiger partial charge is 0.573 e. The predicted octanol–water partition coefficient (Wildman–Crippen LogP) is 4.64. The van der Waals surface area contributed by atoms with Gasteiger partial charge in [-0.2, -0.15) is 0 Å². The van der Waals surface area contributed by atoms with E-state index in [-0.39, 0.29) is 5.75 Å². The van der Waals surface area contributed by atoms with E-state index in [0.717, 1.165) is 12.1 Å². The smallest absolute Gasteiger partial charge is 0.481 e. The lowest BCUT2D eigenvalue weighted by Crippen LogP contribution is -2.30. The minimum absolute atomic E-state index is 0.316. The van der Waals surface area contributed by atoms with E-state index in [0.29, 0.717) is 16.5 Å². The monoisotopic (exact) mass is 359 g/mol. The van der Waals surface area contributed by atoms with Gasteiger partial charge in [-0.15, -0.1) is 13.2 Å². The minimum Gasteiger partial charge on any atom is -0.481 e. The van der Waals surface area contributed by atoms with Crippen molar-refractivity contribution in [1.29, 1.82) is 0 Å². The summed E-state index contributed by atoms with van der Waals surface area (Å²) in [7, 11) is 0. The molecule has 24 heavy (non-hydrogen) atoms. The first-order chi connectivity index (χ1) is 11.2. The maximum absolute atomic E-state index is 12.1. The van der Waals surface area contributed by atoms with Crippen molar-refractivity contribution >= 4 is 23.2 Å². The Morgan fingerprint density at radius 3 is 2.38 bits per heavy atom. The average molecular weight is 360 g/mol. The number of benzene rings is 2. The van der Waals surface area contributed by atoms with Crippen molar-refractivity contribution in [2.24, 2.45) is 0 Å². The number of nitrogens with one attached hydrogen (secondary N) is 1. The van der Waals surface area contributed by atoms with Crippen LogP contribution in [0.25, 0.3) is 0 Å². The van der Waals surface area contributed by atoms with Crippen molar-refractivity contribution in [2.75, 3.05) is 5.32 Å². The first kappa shape index (κ1) is 17.9. The van der Waals surface area contributed by atoms with Gasteiger partial charge in [0.25, 0.3) is 5.91 Å². The number of halogens is 4. The molecule has 0 bridgehead atoms. The zero-order chi connectivity index (χ0) is 17.7. The molecule has 0 aromatic heterocycles. The van der Waals surface area contributed by atoms with Gasteiger partial charge in [-0.3, -0.25) is 4.79 Å². The second-order valence-corrected chi connectivity index (χ2v) is 5.22. The normalized spacial score (nSPS) is 12.4. The Morgan fingerprint density at radius 1 is 1.12 bits per heavy atom. The number of anilines is 1. The van der Waals surface area contributed by atoms with Crippen molar-refractivity contribution in [1.82, 2.24) is 0 Å². The summed E-state index contributed by atoms with van der Waals surface area (Å²) in [5.74, 6) is -0.401. The van der Waals surface area contributed by atoms with Crippen LogP contribution in [0.5, 0.6) is 11.5 Å². The van der Waals surface area contributed by atoms with Gasteiger partial charge in [0.05, 0.1) is 0 Å². The zero-order valence-electron chi connectivity index (χ0n) is 12.4. The molecule has 0 aliphatic heterocycles. The Balaban J connectivity index is 1.93. The van der Waals surface area contributed by atoms with Gasteiger partial charge < -0.3 is 14.8 Å². The first-order valence-corrected chi connectivity index (χ1v) is 7.19. The number of carbonyl (C=O) groups is 1. The molecule has 128 valence electrons. The van der Waals surface area contributed by atoms with E-state index in [2.05, 4.69) is 10.1 Å². The molecule has 1 atom stereocenters. The van der Waals surface area contributed by atoms with Crippen LogP contribution in [0.2, 0.25) is 5.02 Å². The maximum Gasteiger partial charge on any atom is 0.573 e. The molecule has 8 heteroatoms. The highest BCUT2D eigenvalue weighted by molar-refractivity contribution is 6.30. The Kier molecular flexibility index (Phi) is 5.56. The molecule has 0 aliphatic rings. The van der Waals surface area contributed by atoms with E-state index in [1.165, 1.54) is 19.1 Å². The van der Waals surface area contributed by atoms with Crippen LogP contribution in [0, 0.1) is 0 Å². The van der Waals surface area contributed by atoms with Gasteiger partial charge in [0, 0.05) is 10.7 Å². The van der Waals surface area contributed by atoms with Crippen LogP contribution in [-0.4, -0.2) is 18.4 Å². The summed E-state index contributed by atoms with van der Waals surface area (Å²) < 4.78 is 45.4. The van der Waals surface area contributed by atoms with Gasteiger partial charge in [0.2, 0.25) is 0 Å². The predicted molar refractivity (Wildman–Crippen MR) is 83.3 cm³/mol. The van der Waals surface area contributed by atoms with Crippen molar-refractivity contribution in [3.63, 3.8) is 0 Å². The van der Waals surface area contributed by atoms with Crippen molar-refractivity contribution in [2.45, 2.75) is 19.4 Å². The quantitative estimate of drug-likeness (QED) is 0.845. The molecule has 0 unspecified atom stereocenters. The molecule has 2 rings (SSSR count). The van der Waals surface area contributed by atoms with E-state index >= 15 is 0 Å². The van der Waals surface area contributed by atoms with Crippen LogP contribution < -0.4 is 14.8 Å². The molecule has 4 nitrogen and oxygen atoms in total. The molecule has 0 radical (unpaired) electrons. The van der Waals surface area contributed by atoms with Gasteiger partial charge in [0.15, 0.2) is 6.10 Å². The summed E-state index contributed by atoms with van der Waals surface area (Å²) in [4.78, 5) is 12.0. The molecule has 0 saturated carbocycles. The molecule has 1 N–H and O–H groups in total. The van der Waals surface area contributed by atoms with E-state index in [1.54, 1.807) is 24.3 Å². The SMILES string of the molecule is C[C@H](Oc1cccc(Cl)c1)C(=O)Nc1ccc(OC(F)(F)F)cc1. The molecule has 0 saturated heterocycles. The number of carbonyl (C=O) groups excluding carboxylic acids is 1. The fraction of sp³-hybridized carbons (Fsp3) is 0.188. The first-order valence-electron chi connectivity index (χ1n) is 6.82. The van der Waals surface area contributed by atoms with E-state index in [1.807, 2.05) is 0 Å². The van der Waals surface area contributed by atoms with Crippen LogP contribution in [-0.2, 0) is 4.79 Å². The van der Waals surface area contributed by atoms with Gasteiger partial charge in [0.1, 0.15) is 11.5 Å². The summed E-state index contributed by atoms with van der Waals surface area (Å²) in [6.07, 6.45) is -5.58. The van der Waals surface area contributed by atoms with E-state index in [9.17, 15) is 18.0 Å². The summed E-state index contributed by atoms with van der Waals surface area (Å²) in [6, 6.07) is 11.4. The molecule has 1 amide bonds. The lowest BCUT2D eigenvalue weighted by molar-refractivity contribution is -0.274. The number of amides is 1. The van der Waals surface area contributed by atoms with Crippen LogP contribution in [0.15, 0.2) is 48.5 Å². The molecule has 0 heterocycles. The molecule has 2 aromatic carbocycles. The van der Waals surface area contributed by atoms with Gasteiger partial charge in [-0.05, 0) is 49.4 Å². The maximum atomic E-state index is 12.1. The number of hydrogen-bond acceptors (Lipinski definition) is 3. The average Bonchev–Trinajstić information content (AvgIpc) is 2.47. The van der Waals surface area contributed by atoms with Gasteiger partial charge in [-0.1, -0.05) is 17.7 Å². The summed E-state index contributed by atoms with van der Waals surface area (Å²) in [5, 5.41) is 3.01. The lowest BCUT2D eigenvalue weighted by Gasteiger charge is -2.15. The number of hydrogen-bond donors (Lipinski definition) is 1. The Hall–Kier alpha value is -2.41. The molecular formula is C16H13ClF3NO3. The van der Waals surface area contributed by atoms with Crippen molar-refractivity contribution in [3.05, 3.63) is 53.6 Å². The number of ether oxygens (including phenoxy) is 2. The molecule has 2 aromatic rings. The summed E-state index contributed by atoms with van der Waals surface area (Å²) in [6.45, 7) is 1.54. The number of alkyl halides is 3. The van der Waals surface area contributed by atoms with Crippen molar-refractivity contribution in [3.8, 4) is 11.5 Å². The standard InChI is InChI=1S/C16H13ClF3NO3/c1-10(23-14-4-2-3-11(17)9-14)15(22)21-12-5-7-13(8-6-12)24-16(18,19)20/h2-10H,1H3,(H,21,22)/t10-/m0/s1. The summed E-state index contributed by atoms with van der Waals surface area (Å²) >= 11 is 5.83. The van der Waals surface area contributed by atoms with Gasteiger partial charge in [-0.25, -0.2) is 0 Å². The summed E-state index contributed by atoms with van der Waals surface area (Å²) in [5.41, 5.74) is 0.316. The highest BCUT2D eigenvalue weighted by atomic mass is 35.5. The molecule has 0 fully saturated rings. The highest BCUT2D eigenvalue weighted by Gasteiger charge is 2.31. The second-order valence-electron chi connectivity index (χ2n) is 4.78. The van der Waals surface area contributed by atoms with Crippen LogP contribution in [0.1, 0.15) is 6.92 Å². The van der Waals surface area contributed by atoms with Crippen LogP contribution in [0.4, 0.5) is 18.9 Å². The second kappa shape index (κ2) is 7.44. The molecule has 0 spiro atoms. The zero-order valence-corrected chi connectivity index (χ0v) is 13.2. The fourth-order valence-electron chi connectivity index (χ4n) is 1.78. The third-order valence-electron chi connectivity index (χ3n) is 2.83. The van der Waals surface area contributed by atoms with Gasteiger partial charge >= 0.3 is 6.36 Å². The Morgan fingerprint density at radius 2 is 1.79 bits per heavy atom. The molecular weight excluding hydrogens is 347 g/mol. The Bertz CT molecular complexity index is 704. The highest BCUT2D eigenvalue weighted by Crippen LogP contribution is 2.24. The fourth-order valence-corrected chi connectivity index (χ4v) is 1.96. The van der Waals surface area contributed by atoms with Crippen molar-refractivity contribution < 1.29 is 27.4 Å². The topological polar surface area (TPSA) is 47.6 Å². The third kappa shape index (κ3) is 5.66. The Labute approximate surface area is 141 Å². The lowest BCUT2D eigenvalue weighted by atomic mass is 10.2. The molecule has 0 aliphatic carbocycles.